The minimum Gasteiger partial charge on any atom is -0.483 e. The number of nitrogens with zero attached hydrogens (tertiary/aromatic N) is 1. The molecule has 118 valence electrons. The van der Waals surface area contributed by atoms with Crippen LogP contribution >= 0.6 is 11.8 Å². The predicted octanol–water partition coefficient (Wildman–Crippen LogP) is 1.49. The lowest BCUT2D eigenvalue weighted by Crippen LogP contribution is -2.39. The molecule has 0 atom stereocenters. The number of hydrogen-bond acceptors (Lipinski definition) is 5. The van der Waals surface area contributed by atoms with Crippen LogP contribution in [-0.4, -0.2) is 47.4 Å². The van der Waals surface area contributed by atoms with E-state index in [0.29, 0.717) is 5.75 Å². The van der Waals surface area contributed by atoms with E-state index in [0.717, 1.165) is 27.8 Å². The molecule has 1 heterocycles. The molecule has 0 aliphatic carbocycles. The van der Waals surface area contributed by atoms with Crippen molar-refractivity contribution in [3.8, 4) is 5.75 Å². The minimum atomic E-state index is -0.285. The van der Waals surface area contributed by atoms with Gasteiger partial charge in [-0.15, -0.1) is 0 Å². The second-order valence-corrected chi connectivity index (χ2v) is 5.86. The van der Waals surface area contributed by atoms with Crippen LogP contribution in [0.2, 0.25) is 0 Å². The van der Waals surface area contributed by atoms with Crippen LogP contribution in [0.15, 0.2) is 18.2 Å². The van der Waals surface area contributed by atoms with Crippen molar-refractivity contribution in [2.75, 3.05) is 25.4 Å². The summed E-state index contributed by atoms with van der Waals surface area (Å²) in [5.41, 5.74) is 2.10. The first-order chi connectivity index (χ1) is 10.5. The summed E-state index contributed by atoms with van der Waals surface area (Å²) in [6, 6.07) is 5.66. The van der Waals surface area contributed by atoms with Crippen molar-refractivity contribution in [3.05, 3.63) is 29.3 Å². The molecule has 1 aliphatic heterocycles. The van der Waals surface area contributed by atoms with E-state index < -0.39 is 0 Å². The number of nitrogens with one attached hydrogen (secondary N) is 1. The standard InChI is InChI=1S/C15H18N2O4S/c1-10-4-3-5-12(11(10)2)21-8-13(18)16-6-7-17-14(19)9-22-15(17)20/h3-5H,6-9H2,1-2H3,(H,16,18). The van der Waals surface area contributed by atoms with Crippen LogP contribution in [0.4, 0.5) is 4.79 Å². The second kappa shape index (κ2) is 7.31. The summed E-state index contributed by atoms with van der Waals surface area (Å²) in [6.07, 6.45) is 0. The van der Waals surface area contributed by atoms with Crippen LogP contribution in [0.3, 0.4) is 0 Å². The molecule has 1 fully saturated rings. The summed E-state index contributed by atoms with van der Waals surface area (Å²) in [7, 11) is 0. The molecule has 0 spiro atoms. The Bertz CT molecular complexity index is 587. The van der Waals surface area contributed by atoms with Crippen molar-refractivity contribution in [1.29, 1.82) is 0 Å². The monoisotopic (exact) mass is 322 g/mol. The molecule has 1 aromatic carbocycles. The molecule has 6 nitrogen and oxygen atoms in total. The molecule has 1 aromatic rings. The highest BCUT2D eigenvalue weighted by Crippen LogP contribution is 2.20. The molecule has 1 aliphatic rings. The average molecular weight is 322 g/mol. The number of imide groups is 1. The highest BCUT2D eigenvalue weighted by Gasteiger charge is 2.29. The lowest BCUT2D eigenvalue weighted by atomic mass is 10.1. The molecule has 0 radical (unpaired) electrons. The van der Waals surface area contributed by atoms with Gasteiger partial charge in [-0.2, -0.15) is 0 Å². The van der Waals surface area contributed by atoms with Crippen molar-refractivity contribution in [1.82, 2.24) is 10.2 Å². The maximum atomic E-state index is 11.7. The van der Waals surface area contributed by atoms with Crippen LogP contribution in [0, 0.1) is 13.8 Å². The van der Waals surface area contributed by atoms with Gasteiger partial charge in [-0.3, -0.25) is 19.3 Å². The quantitative estimate of drug-likeness (QED) is 0.859. The van der Waals surface area contributed by atoms with Crippen LogP contribution in [0.5, 0.6) is 5.75 Å². The maximum absolute atomic E-state index is 11.7. The zero-order valence-electron chi connectivity index (χ0n) is 12.5. The van der Waals surface area contributed by atoms with Crippen LogP contribution < -0.4 is 10.1 Å². The summed E-state index contributed by atoms with van der Waals surface area (Å²) in [4.78, 5) is 35.6. The molecular formula is C15H18N2O4S. The number of benzene rings is 1. The Balaban J connectivity index is 1.73. The predicted molar refractivity (Wildman–Crippen MR) is 84.0 cm³/mol. The highest BCUT2D eigenvalue weighted by atomic mass is 32.2. The van der Waals surface area contributed by atoms with Crippen LogP contribution in [0.25, 0.3) is 0 Å². The van der Waals surface area contributed by atoms with Gasteiger partial charge in [0.2, 0.25) is 5.91 Å². The first-order valence-corrected chi connectivity index (χ1v) is 7.90. The van der Waals surface area contributed by atoms with E-state index in [1.165, 1.54) is 0 Å². The van der Waals surface area contributed by atoms with Crippen molar-refractivity contribution >= 4 is 28.8 Å². The molecule has 0 saturated carbocycles. The van der Waals surface area contributed by atoms with E-state index in [2.05, 4.69) is 5.32 Å². The topological polar surface area (TPSA) is 75.7 Å². The molecule has 1 N–H and O–H groups in total. The van der Waals surface area contributed by atoms with E-state index >= 15 is 0 Å². The Hall–Kier alpha value is -2.02. The maximum Gasteiger partial charge on any atom is 0.288 e. The Morgan fingerprint density at radius 3 is 2.82 bits per heavy atom. The number of rotatable bonds is 6. The Morgan fingerprint density at radius 1 is 1.36 bits per heavy atom. The molecule has 0 unspecified atom stereocenters. The van der Waals surface area contributed by atoms with Crippen molar-refractivity contribution in [2.24, 2.45) is 0 Å². The summed E-state index contributed by atoms with van der Waals surface area (Å²) in [5, 5.41) is 2.38. The third kappa shape index (κ3) is 4.00. The highest BCUT2D eigenvalue weighted by molar-refractivity contribution is 8.14. The Labute approximate surface area is 133 Å². The number of ether oxygens (including phenoxy) is 1. The molecule has 3 amide bonds. The minimum absolute atomic E-state index is 0.0963. The van der Waals surface area contributed by atoms with Crippen molar-refractivity contribution in [3.63, 3.8) is 0 Å². The summed E-state index contributed by atoms with van der Waals surface area (Å²) >= 11 is 0.983. The Morgan fingerprint density at radius 2 is 2.14 bits per heavy atom. The van der Waals surface area contributed by atoms with Gasteiger partial charge in [-0.1, -0.05) is 23.9 Å². The molecule has 2 rings (SSSR count). The van der Waals surface area contributed by atoms with Crippen LogP contribution in [0.1, 0.15) is 11.1 Å². The molecule has 7 heteroatoms. The van der Waals surface area contributed by atoms with E-state index in [4.69, 9.17) is 4.74 Å². The molecular weight excluding hydrogens is 304 g/mol. The fourth-order valence-corrected chi connectivity index (χ4v) is 2.73. The normalized spacial score (nSPS) is 14.4. The van der Waals surface area contributed by atoms with Crippen molar-refractivity contribution in [2.45, 2.75) is 13.8 Å². The van der Waals surface area contributed by atoms with Gasteiger partial charge in [0, 0.05) is 13.1 Å². The van der Waals surface area contributed by atoms with Gasteiger partial charge in [0.1, 0.15) is 5.75 Å². The molecule has 1 saturated heterocycles. The lowest BCUT2D eigenvalue weighted by molar-refractivity contribution is -0.126. The number of thioether (sulfide) groups is 1. The van der Waals surface area contributed by atoms with E-state index in [1.54, 1.807) is 0 Å². The van der Waals surface area contributed by atoms with Crippen LogP contribution in [-0.2, 0) is 9.59 Å². The molecule has 22 heavy (non-hydrogen) atoms. The lowest BCUT2D eigenvalue weighted by Gasteiger charge is -2.14. The third-order valence-electron chi connectivity index (χ3n) is 3.41. The molecule has 0 aromatic heterocycles. The van der Waals surface area contributed by atoms with Gasteiger partial charge in [0.05, 0.1) is 5.75 Å². The zero-order valence-corrected chi connectivity index (χ0v) is 13.4. The number of hydrogen-bond donors (Lipinski definition) is 1. The summed E-state index contributed by atoms with van der Waals surface area (Å²) in [5.74, 6) is 0.364. The summed E-state index contributed by atoms with van der Waals surface area (Å²) in [6.45, 7) is 4.24. The third-order valence-corrected chi connectivity index (χ3v) is 4.27. The van der Waals surface area contributed by atoms with Gasteiger partial charge in [-0.25, -0.2) is 0 Å². The summed E-state index contributed by atoms with van der Waals surface area (Å²) < 4.78 is 5.48. The fraction of sp³-hybridized carbons (Fsp3) is 0.400. The number of carbonyl (C=O) groups excluding carboxylic acids is 3. The van der Waals surface area contributed by atoms with E-state index in [-0.39, 0.29) is 42.5 Å². The largest absolute Gasteiger partial charge is 0.483 e. The zero-order chi connectivity index (χ0) is 16.1. The molecule has 0 bridgehead atoms. The van der Waals surface area contributed by atoms with Gasteiger partial charge < -0.3 is 10.1 Å². The van der Waals surface area contributed by atoms with E-state index in [1.807, 2.05) is 32.0 Å². The first-order valence-electron chi connectivity index (χ1n) is 6.92. The van der Waals surface area contributed by atoms with Gasteiger partial charge in [0.25, 0.3) is 11.1 Å². The Kier molecular flexibility index (Phi) is 5.43. The smallest absolute Gasteiger partial charge is 0.288 e. The SMILES string of the molecule is Cc1cccc(OCC(=O)NCCN2C(=O)CSC2=O)c1C. The van der Waals surface area contributed by atoms with Crippen molar-refractivity contribution < 1.29 is 19.1 Å². The van der Waals surface area contributed by atoms with Gasteiger partial charge >= 0.3 is 0 Å². The number of amides is 3. The number of aryl methyl sites for hydroxylation is 1. The first kappa shape index (κ1) is 16.4. The number of carbonyl (C=O) groups is 3. The van der Waals surface area contributed by atoms with E-state index in [9.17, 15) is 14.4 Å². The fourth-order valence-electron chi connectivity index (χ4n) is 1.98. The average Bonchev–Trinajstić information content (AvgIpc) is 2.80. The van der Waals surface area contributed by atoms with Gasteiger partial charge in [-0.05, 0) is 31.0 Å². The van der Waals surface area contributed by atoms with Gasteiger partial charge in [0.15, 0.2) is 6.61 Å². The second-order valence-electron chi connectivity index (χ2n) is 4.94.